The number of ether oxygens (including phenoxy) is 2. The Hall–Kier alpha value is -5.33. The number of hydrogen-bond donors (Lipinski definition) is 5. The first-order chi connectivity index (χ1) is 26.9. The number of carbonyl (C=O) groups excluding carboxylic acids is 2. The number of phenolic OH excluding ortho intramolecular Hbond substituents is 1. The van der Waals surface area contributed by atoms with Gasteiger partial charge in [-0.25, -0.2) is 0 Å². The number of Topliss-reactive ketones (excluding diaryl/α,β-unsaturated/α-hetero) is 1. The Labute approximate surface area is 321 Å². The summed E-state index contributed by atoms with van der Waals surface area (Å²) in [4.78, 5) is 67.0. The number of nitrogens with one attached hydrogen (secondary N) is 1. The Morgan fingerprint density at radius 3 is 2.16 bits per heavy atom. The molecule has 5 aromatic rings. The highest BCUT2D eigenvalue weighted by molar-refractivity contribution is 6.39. The number of aromatic hydroxyl groups is 1. The van der Waals surface area contributed by atoms with Crippen LogP contribution in [0.25, 0.3) is 49.2 Å². The van der Waals surface area contributed by atoms with Gasteiger partial charge in [0.2, 0.25) is 0 Å². The summed E-state index contributed by atoms with van der Waals surface area (Å²) in [5, 5.41) is 50.5. The number of carboxylic acid groups (broad SMARTS) is 1. The molecular formula is C44H45NO11. The van der Waals surface area contributed by atoms with Crippen molar-refractivity contribution in [3.8, 4) is 11.5 Å². The molecule has 3 aliphatic rings. The molecular weight excluding hydrogens is 718 g/mol. The van der Waals surface area contributed by atoms with Gasteiger partial charge in [0.15, 0.2) is 22.4 Å². The molecule has 0 heterocycles. The first-order valence-corrected chi connectivity index (χ1v) is 19.4. The van der Waals surface area contributed by atoms with Crippen LogP contribution in [0, 0.1) is 11.8 Å². The van der Waals surface area contributed by atoms with E-state index in [-0.39, 0.29) is 57.8 Å². The van der Waals surface area contributed by atoms with Crippen molar-refractivity contribution in [3.05, 3.63) is 66.0 Å². The van der Waals surface area contributed by atoms with E-state index in [0.717, 1.165) is 12.8 Å². The van der Waals surface area contributed by atoms with Crippen LogP contribution in [0.15, 0.2) is 27.3 Å². The van der Waals surface area contributed by atoms with E-state index in [9.17, 15) is 39.6 Å². The third-order valence-electron chi connectivity index (χ3n) is 12.9. The molecule has 3 atom stereocenters. The van der Waals surface area contributed by atoms with Crippen molar-refractivity contribution in [1.82, 2.24) is 0 Å². The van der Waals surface area contributed by atoms with Gasteiger partial charge >= 0.3 is 5.97 Å². The molecule has 5 aromatic carbocycles. The van der Waals surface area contributed by atoms with E-state index in [1.54, 1.807) is 13.0 Å². The number of aliphatic hydroxyl groups excluding tert-OH is 2. The third-order valence-corrected chi connectivity index (χ3v) is 12.9. The molecule has 12 nitrogen and oxygen atoms in total. The van der Waals surface area contributed by atoms with Crippen LogP contribution in [0.4, 0.5) is 5.69 Å². The molecule has 292 valence electrons. The maximum atomic E-state index is 15.5. The quantitative estimate of drug-likeness (QED) is 0.0598. The second kappa shape index (κ2) is 14.3. The molecule has 5 N–H and O–H groups in total. The number of carboxylic acids is 1. The minimum absolute atomic E-state index is 0.0540. The number of phenols is 1. The Morgan fingerprint density at radius 1 is 0.875 bits per heavy atom. The van der Waals surface area contributed by atoms with Gasteiger partial charge in [0.1, 0.15) is 11.9 Å². The molecule has 3 unspecified atom stereocenters. The molecule has 0 saturated heterocycles. The minimum atomic E-state index is -0.966. The molecule has 0 spiro atoms. The molecule has 2 saturated carbocycles. The van der Waals surface area contributed by atoms with Crippen LogP contribution in [0.1, 0.15) is 98.9 Å². The standard InChI is InChI=1S/C44H45NO11/c1-19-12-27-28(13-21-6-4-5-7-26(21)44(53)54)41(51)35-29(45-24-8-10-25(11-9-24)56-18-48)14-22(16-46)32-33-23(17-47)15-30(50)36-38(33)39(34(27)37(32)35)40(31(19)20(2)49)43(55-3)42(36)52/h12,14-15,18,21,24-26,31,45-47,52H,4-11,13,16-17H2,1-3H3,(H,53,54). The van der Waals surface area contributed by atoms with Crippen LogP contribution < -0.4 is 20.9 Å². The van der Waals surface area contributed by atoms with Crippen LogP contribution >= 0.6 is 0 Å². The van der Waals surface area contributed by atoms with E-state index in [4.69, 9.17) is 9.47 Å². The summed E-state index contributed by atoms with van der Waals surface area (Å²) >= 11 is 0. The van der Waals surface area contributed by atoms with Crippen molar-refractivity contribution in [3.63, 3.8) is 0 Å². The molecule has 8 rings (SSSR count). The van der Waals surface area contributed by atoms with E-state index >= 15 is 4.79 Å². The van der Waals surface area contributed by atoms with Crippen LogP contribution in [-0.2, 0) is 38.8 Å². The minimum Gasteiger partial charge on any atom is -0.504 e. The number of ketones is 1. The lowest BCUT2D eigenvalue weighted by Gasteiger charge is -2.31. The van der Waals surface area contributed by atoms with Gasteiger partial charge in [-0.1, -0.05) is 24.5 Å². The lowest BCUT2D eigenvalue weighted by Crippen LogP contribution is -2.31. The van der Waals surface area contributed by atoms with Gasteiger partial charge in [-0.2, -0.15) is 0 Å². The summed E-state index contributed by atoms with van der Waals surface area (Å²) in [6.45, 7) is 2.61. The molecule has 0 amide bonds. The molecule has 56 heavy (non-hydrogen) atoms. The summed E-state index contributed by atoms with van der Waals surface area (Å²) in [5.74, 6) is -3.67. The maximum Gasteiger partial charge on any atom is 0.306 e. The Balaban J connectivity index is 1.60. The zero-order valence-corrected chi connectivity index (χ0v) is 31.6. The zero-order valence-electron chi connectivity index (χ0n) is 31.6. The van der Waals surface area contributed by atoms with Crippen LogP contribution in [0.3, 0.4) is 0 Å². The maximum absolute atomic E-state index is 15.5. The number of aliphatic carboxylic acids is 1. The lowest BCUT2D eigenvalue weighted by atomic mass is 9.74. The average Bonchev–Trinajstić information content (AvgIpc) is 3.31. The number of anilines is 1. The van der Waals surface area contributed by atoms with Crippen molar-refractivity contribution in [2.24, 2.45) is 11.8 Å². The highest BCUT2D eigenvalue weighted by Gasteiger charge is 2.39. The topological polar surface area (TPSA) is 197 Å². The van der Waals surface area contributed by atoms with Gasteiger partial charge in [0.25, 0.3) is 6.47 Å². The van der Waals surface area contributed by atoms with Gasteiger partial charge in [0, 0.05) is 33.6 Å². The Morgan fingerprint density at radius 2 is 1.54 bits per heavy atom. The summed E-state index contributed by atoms with van der Waals surface area (Å²) in [7, 11) is 1.36. The first-order valence-electron chi connectivity index (χ1n) is 19.4. The number of hydrogen-bond acceptors (Lipinski definition) is 11. The number of benzene rings is 5. The number of methoxy groups -OCH3 is 1. The van der Waals surface area contributed by atoms with Gasteiger partial charge in [-0.05, 0) is 115 Å². The molecule has 12 heteroatoms. The number of fused-ring (bicyclic) bond motifs is 1. The summed E-state index contributed by atoms with van der Waals surface area (Å²) in [6, 6.07) is 2.86. The molecule has 0 bridgehead atoms. The van der Waals surface area contributed by atoms with Gasteiger partial charge < -0.3 is 35.2 Å². The summed E-state index contributed by atoms with van der Waals surface area (Å²) in [6.07, 6.45) is 6.92. The summed E-state index contributed by atoms with van der Waals surface area (Å²) < 4.78 is 11.1. The fraction of sp³-hybridized carbons (Fsp3) is 0.432. The number of allylic oxidation sites excluding steroid dienone is 1. The zero-order chi connectivity index (χ0) is 39.7. The van der Waals surface area contributed by atoms with Crippen molar-refractivity contribution < 1.29 is 44.3 Å². The SMILES string of the molecule is COc1c(O)c2c(=O)cc(CO)c3c4c(CO)cc(NC5CCC(OC=O)CC5)c5c(=O)c(CC6CCCCC6C(=O)O)c6c(c(c1C(C(C)=O)C(C)=C6)c23)c54. The van der Waals surface area contributed by atoms with Crippen LogP contribution in [0.5, 0.6) is 11.5 Å². The van der Waals surface area contributed by atoms with Crippen LogP contribution in [0.2, 0.25) is 0 Å². The Kier molecular flexibility index (Phi) is 9.61. The molecule has 0 radical (unpaired) electrons. The van der Waals surface area contributed by atoms with Crippen molar-refractivity contribution >= 4 is 73.1 Å². The van der Waals surface area contributed by atoms with E-state index in [0.29, 0.717) is 111 Å². The molecule has 2 fully saturated rings. The van der Waals surface area contributed by atoms with E-state index < -0.39 is 42.2 Å². The lowest BCUT2D eigenvalue weighted by molar-refractivity contribution is -0.145. The third kappa shape index (κ3) is 5.59. The fourth-order valence-electron chi connectivity index (χ4n) is 10.5. The van der Waals surface area contributed by atoms with E-state index in [1.165, 1.54) is 20.1 Å². The van der Waals surface area contributed by atoms with Crippen molar-refractivity contribution in [2.45, 2.75) is 103 Å². The Bertz CT molecular complexity index is 2600. The fourth-order valence-corrected chi connectivity index (χ4v) is 10.5. The van der Waals surface area contributed by atoms with Crippen LogP contribution in [-0.4, -0.2) is 57.9 Å². The van der Waals surface area contributed by atoms with Gasteiger partial charge in [-0.15, -0.1) is 0 Å². The largest absolute Gasteiger partial charge is 0.504 e. The van der Waals surface area contributed by atoms with Gasteiger partial charge in [0.05, 0.1) is 42.9 Å². The first kappa shape index (κ1) is 37.6. The van der Waals surface area contributed by atoms with E-state index in [1.807, 2.05) is 6.08 Å². The molecule has 3 aliphatic carbocycles. The normalized spacial score (nSPS) is 22.4. The van der Waals surface area contributed by atoms with E-state index in [2.05, 4.69) is 5.32 Å². The molecule has 0 aliphatic heterocycles. The predicted octanol–water partition coefficient (Wildman–Crippen LogP) is 6.01. The second-order valence-electron chi connectivity index (χ2n) is 15.9. The van der Waals surface area contributed by atoms with Crippen molar-refractivity contribution in [2.75, 3.05) is 12.4 Å². The van der Waals surface area contributed by atoms with Crippen molar-refractivity contribution in [1.29, 1.82) is 0 Å². The second-order valence-corrected chi connectivity index (χ2v) is 15.9. The van der Waals surface area contributed by atoms with Gasteiger partial charge in [-0.3, -0.25) is 24.0 Å². The summed E-state index contributed by atoms with van der Waals surface area (Å²) in [5.41, 5.74) is 1.97. The molecule has 0 aromatic heterocycles. The highest BCUT2D eigenvalue weighted by atomic mass is 16.5. The highest BCUT2D eigenvalue weighted by Crippen LogP contribution is 2.56. The number of aliphatic hydroxyl groups is 2. The predicted molar refractivity (Wildman–Crippen MR) is 212 cm³/mol. The smallest absolute Gasteiger partial charge is 0.306 e. The number of carbonyl (C=O) groups is 3. The monoisotopic (exact) mass is 763 g/mol. The number of rotatable bonds is 11. The average molecular weight is 764 g/mol.